The molecular formula is C18H29NO2. The Labute approximate surface area is 129 Å². The topological polar surface area (TPSA) is 30.5 Å². The summed E-state index contributed by atoms with van der Waals surface area (Å²) >= 11 is 0. The minimum atomic E-state index is 0.344. The molecule has 0 radical (unpaired) electrons. The molecule has 0 unspecified atom stereocenters. The third-order valence-corrected chi connectivity index (χ3v) is 4.47. The molecule has 0 heterocycles. The quantitative estimate of drug-likeness (QED) is 0.818. The van der Waals surface area contributed by atoms with Gasteiger partial charge in [-0.25, -0.2) is 0 Å². The van der Waals surface area contributed by atoms with Gasteiger partial charge >= 0.3 is 0 Å². The molecule has 0 bridgehead atoms. The Hall–Kier alpha value is -1.22. The molecule has 1 aromatic rings. The van der Waals surface area contributed by atoms with Crippen molar-refractivity contribution < 1.29 is 9.47 Å². The van der Waals surface area contributed by atoms with Gasteiger partial charge in [0.15, 0.2) is 11.5 Å². The highest BCUT2D eigenvalue weighted by atomic mass is 16.5. The Morgan fingerprint density at radius 2 is 1.86 bits per heavy atom. The molecule has 0 aromatic heterocycles. The number of hydrogen-bond donors (Lipinski definition) is 1. The van der Waals surface area contributed by atoms with Crippen LogP contribution in [0.3, 0.4) is 0 Å². The van der Waals surface area contributed by atoms with E-state index < -0.39 is 0 Å². The zero-order valence-corrected chi connectivity index (χ0v) is 13.7. The van der Waals surface area contributed by atoms with Gasteiger partial charge in [-0.05, 0) is 55.8 Å². The minimum Gasteiger partial charge on any atom is -0.493 e. The number of nitrogens with one attached hydrogen (secondary N) is 1. The summed E-state index contributed by atoms with van der Waals surface area (Å²) in [6.45, 7) is 6.26. The summed E-state index contributed by atoms with van der Waals surface area (Å²) in [7, 11) is 1.71. The van der Waals surface area contributed by atoms with Gasteiger partial charge in [0.05, 0.1) is 13.2 Å². The predicted molar refractivity (Wildman–Crippen MR) is 87.0 cm³/mol. The van der Waals surface area contributed by atoms with Gasteiger partial charge in [-0.2, -0.15) is 0 Å². The largest absolute Gasteiger partial charge is 0.493 e. The third-order valence-electron chi connectivity index (χ3n) is 4.47. The van der Waals surface area contributed by atoms with Gasteiger partial charge in [0, 0.05) is 6.54 Å². The maximum Gasteiger partial charge on any atom is 0.161 e. The van der Waals surface area contributed by atoms with E-state index in [4.69, 9.17) is 9.47 Å². The van der Waals surface area contributed by atoms with Crippen LogP contribution in [0.1, 0.15) is 51.5 Å². The molecule has 3 nitrogen and oxygen atoms in total. The standard InChI is InChI=1S/C18H29NO2/c1-4-14-6-9-16(10-7-14)21-18-12-15(13-19-5-2)8-11-17(18)20-3/h8,11-12,14,16,19H,4-7,9-10,13H2,1-3H3. The average molecular weight is 291 g/mol. The second-order valence-electron chi connectivity index (χ2n) is 5.93. The second-order valence-corrected chi connectivity index (χ2v) is 5.93. The van der Waals surface area contributed by atoms with E-state index in [2.05, 4.69) is 31.3 Å². The van der Waals surface area contributed by atoms with Gasteiger partial charge in [0.1, 0.15) is 0 Å². The van der Waals surface area contributed by atoms with Crippen molar-refractivity contribution in [2.45, 2.75) is 58.6 Å². The first-order chi connectivity index (χ1) is 10.3. The Morgan fingerprint density at radius 1 is 1.10 bits per heavy atom. The summed E-state index contributed by atoms with van der Waals surface area (Å²) in [5.74, 6) is 2.63. The number of rotatable bonds is 7. The number of methoxy groups -OCH3 is 1. The molecule has 1 N–H and O–H groups in total. The van der Waals surface area contributed by atoms with Crippen LogP contribution in [0.15, 0.2) is 18.2 Å². The molecule has 0 saturated heterocycles. The van der Waals surface area contributed by atoms with Gasteiger partial charge in [-0.1, -0.05) is 26.3 Å². The Morgan fingerprint density at radius 3 is 2.48 bits per heavy atom. The van der Waals surface area contributed by atoms with Gasteiger partial charge < -0.3 is 14.8 Å². The van der Waals surface area contributed by atoms with E-state index in [0.29, 0.717) is 6.10 Å². The highest BCUT2D eigenvalue weighted by Crippen LogP contribution is 2.34. The van der Waals surface area contributed by atoms with E-state index in [1.165, 1.54) is 37.7 Å². The first kappa shape index (κ1) is 16.2. The molecule has 1 fully saturated rings. The maximum absolute atomic E-state index is 6.24. The van der Waals surface area contributed by atoms with Gasteiger partial charge in [-0.3, -0.25) is 0 Å². The Bertz CT molecular complexity index is 425. The molecule has 2 rings (SSSR count). The van der Waals surface area contributed by atoms with Crippen LogP contribution in [0, 0.1) is 5.92 Å². The fourth-order valence-corrected chi connectivity index (χ4v) is 3.03. The van der Waals surface area contributed by atoms with Crippen molar-refractivity contribution >= 4 is 0 Å². The van der Waals surface area contributed by atoms with Crippen molar-refractivity contribution in [1.82, 2.24) is 5.32 Å². The van der Waals surface area contributed by atoms with Crippen LogP contribution in [0.25, 0.3) is 0 Å². The first-order valence-corrected chi connectivity index (χ1v) is 8.31. The molecule has 1 aliphatic rings. The van der Waals surface area contributed by atoms with E-state index in [-0.39, 0.29) is 0 Å². The molecule has 1 saturated carbocycles. The van der Waals surface area contributed by atoms with Crippen LogP contribution in [-0.2, 0) is 6.54 Å². The normalized spacial score (nSPS) is 22.0. The van der Waals surface area contributed by atoms with Crippen molar-refractivity contribution in [1.29, 1.82) is 0 Å². The lowest BCUT2D eigenvalue weighted by Crippen LogP contribution is -2.24. The average Bonchev–Trinajstić information content (AvgIpc) is 2.54. The number of hydrogen-bond acceptors (Lipinski definition) is 3. The summed E-state index contributed by atoms with van der Waals surface area (Å²) in [5, 5.41) is 3.35. The fraction of sp³-hybridized carbons (Fsp3) is 0.667. The van der Waals surface area contributed by atoms with Crippen molar-refractivity contribution in [3.8, 4) is 11.5 Å². The van der Waals surface area contributed by atoms with Gasteiger partial charge in [0.25, 0.3) is 0 Å². The van der Waals surface area contributed by atoms with E-state index >= 15 is 0 Å². The zero-order chi connectivity index (χ0) is 15.1. The lowest BCUT2D eigenvalue weighted by atomic mass is 9.86. The molecule has 118 valence electrons. The lowest BCUT2D eigenvalue weighted by molar-refractivity contribution is 0.126. The lowest BCUT2D eigenvalue weighted by Gasteiger charge is -2.29. The molecule has 0 spiro atoms. The molecule has 3 heteroatoms. The minimum absolute atomic E-state index is 0.344. The van der Waals surface area contributed by atoms with E-state index in [1.807, 2.05) is 6.07 Å². The zero-order valence-electron chi connectivity index (χ0n) is 13.7. The molecule has 0 amide bonds. The Balaban J connectivity index is 2.00. The van der Waals surface area contributed by atoms with Crippen LogP contribution in [0.5, 0.6) is 11.5 Å². The van der Waals surface area contributed by atoms with Crippen molar-refractivity contribution in [2.75, 3.05) is 13.7 Å². The summed E-state index contributed by atoms with van der Waals surface area (Å²) in [6.07, 6.45) is 6.56. The summed E-state index contributed by atoms with van der Waals surface area (Å²) in [6, 6.07) is 6.23. The molecule has 1 aliphatic carbocycles. The predicted octanol–water partition coefficient (Wildman–Crippen LogP) is 4.15. The SMILES string of the molecule is CCNCc1ccc(OC)c(OC2CCC(CC)CC2)c1. The third kappa shape index (κ3) is 4.63. The van der Waals surface area contributed by atoms with Crippen LogP contribution in [-0.4, -0.2) is 19.8 Å². The molecule has 21 heavy (non-hydrogen) atoms. The summed E-state index contributed by atoms with van der Waals surface area (Å²) in [4.78, 5) is 0. The van der Waals surface area contributed by atoms with Crippen LogP contribution >= 0.6 is 0 Å². The van der Waals surface area contributed by atoms with E-state index in [0.717, 1.165) is 30.5 Å². The smallest absolute Gasteiger partial charge is 0.161 e. The molecule has 0 aliphatic heterocycles. The van der Waals surface area contributed by atoms with E-state index in [9.17, 15) is 0 Å². The van der Waals surface area contributed by atoms with E-state index in [1.54, 1.807) is 7.11 Å². The highest BCUT2D eigenvalue weighted by Gasteiger charge is 2.22. The molecule has 1 aromatic carbocycles. The second kappa shape index (κ2) is 8.28. The summed E-state index contributed by atoms with van der Waals surface area (Å²) < 4.78 is 11.7. The van der Waals surface area contributed by atoms with Crippen LogP contribution < -0.4 is 14.8 Å². The fourth-order valence-electron chi connectivity index (χ4n) is 3.03. The maximum atomic E-state index is 6.24. The highest BCUT2D eigenvalue weighted by molar-refractivity contribution is 5.43. The summed E-state index contributed by atoms with van der Waals surface area (Å²) in [5.41, 5.74) is 1.25. The first-order valence-electron chi connectivity index (χ1n) is 8.31. The van der Waals surface area contributed by atoms with Gasteiger partial charge in [0.2, 0.25) is 0 Å². The van der Waals surface area contributed by atoms with Crippen LogP contribution in [0.4, 0.5) is 0 Å². The van der Waals surface area contributed by atoms with Crippen molar-refractivity contribution in [2.24, 2.45) is 5.92 Å². The molecule has 0 atom stereocenters. The number of ether oxygens (including phenoxy) is 2. The van der Waals surface area contributed by atoms with Crippen LogP contribution in [0.2, 0.25) is 0 Å². The van der Waals surface area contributed by atoms with Gasteiger partial charge in [-0.15, -0.1) is 0 Å². The monoisotopic (exact) mass is 291 g/mol. The van der Waals surface area contributed by atoms with Crippen molar-refractivity contribution in [3.05, 3.63) is 23.8 Å². The Kier molecular flexibility index (Phi) is 6.37. The van der Waals surface area contributed by atoms with Crippen molar-refractivity contribution in [3.63, 3.8) is 0 Å². The molecular weight excluding hydrogens is 262 g/mol. The number of benzene rings is 1.